The molecule has 1 unspecified atom stereocenters. The van der Waals surface area contributed by atoms with Gasteiger partial charge in [-0.1, -0.05) is 13.8 Å². The Bertz CT molecular complexity index is 447. The normalized spacial score (nSPS) is 12.7. The fourth-order valence-electron chi connectivity index (χ4n) is 1.60. The van der Waals surface area contributed by atoms with Crippen LogP contribution in [-0.2, 0) is 13.6 Å². The van der Waals surface area contributed by atoms with Crippen molar-refractivity contribution in [3.63, 3.8) is 0 Å². The Hall–Kier alpha value is -1.36. The number of likely N-dealkylation sites (N-methyl/N-ethyl adjacent to an activating group) is 1. The van der Waals surface area contributed by atoms with Crippen molar-refractivity contribution in [2.75, 3.05) is 6.54 Å². The average Bonchev–Trinajstić information content (AvgIpc) is 2.29. The topological polar surface area (TPSA) is 56.0 Å². The Labute approximate surface area is 94.7 Å². The third-order valence-electron chi connectivity index (χ3n) is 2.64. The second kappa shape index (κ2) is 5.65. The lowest BCUT2D eigenvalue weighted by Crippen LogP contribution is -2.43. The zero-order chi connectivity index (χ0) is 12.1. The van der Waals surface area contributed by atoms with E-state index in [-0.39, 0.29) is 6.04 Å². The molecule has 1 atom stereocenters. The summed E-state index contributed by atoms with van der Waals surface area (Å²) in [6.07, 6.45) is 4.20. The predicted molar refractivity (Wildman–Crippen MR) is 63.7 cm³/mol. The maximum atomic E-state index is 11.6. The number of nitrogens with zero attached hydrogens (tertiary/aromatic N) is 2. The van der Waals surface area contributed by atoms with Crippen LogP contribution in [0.1, 0.15) is 20.3 Å². The van der Waals surface area contributed by atoms with Crippen molar-refractivity contribution in [2.24, 2.45) is 7.05 Å². The van der Waals surface area contributed by atoms with Gasteiger partial charge in [0.05, 0.1) is 0 Å². The molecule has 1 heterocycles. The monoisotopic (exact) mass is 225 g/mol. The molecule has 1 aromatic rings. The van der Waals surface area contributed by atoms with Crippen LogP contribution >= 0.6 is 0 Å². The van der Waals surface area contributed by atoms with E-state index in [1.807, 2.05) is 6.92 Å². The van der Waals surface area contributed by atoms with Gasteiger partial charge in [-0.05, 0) is 13.0 Å². The average molecular weight is 225 g/mol. The van der Waals surface area contributed by atoms with Crippen LogP contribution in [0.3, 0.4) is 0 Å². The lowest BCUT2D eigenvalue weighted by atomic mass is 10.2. The molecule has 0 aromatic carbocycles. The summed E-state index contributed by atoms with van der Waals surface area (Å²) in [4.78, 5) is 23.1. The van der Waals surface area contributed by atoms with Crippen molar-refractivity contribution < 1.29 is 0 Å². The Morgan fingerprint density at radius 2 is 1.94 bits per heavy atom. The summed E-state index contributed by atoms with van der Waals surface area (Å²) in [6.45, 7) is 5.48. The van der Waals surface area contributed by atoms with Crippen LogP contribution < -0.4 is 16.4 Å². The highest BCUT2D eigenvalue weighted by Gasteiger charge is 2.08. The molecule has 1 aromatic heterocycles. The summed E-state index contributed by atoms with van der Waals surface area (Å²) in [6, 6.07) is 0.231. The fourth-order valence-corrected chi connectivity index (χ4v) is 1.60. The van der Waals surface area contributed by atoms with Gasteiger partial charge < -0.3 is 14.5 Å². The molecule has 0 radical (unpaired) electrons. The number of rotatable bonds is 5. The van der Waals surface area contributed by atoms with E-state index in [1.165, 1.54) is 9.13 Å². The highest BCUT2D eigenvalue weighted by molar-refractivity contribution is 4.86. The predicted octanol–water partition coefficient (Wildman–Crippen LogP) is -0.0649. The SMILES string of the molecule is CCNC(CC)Cn1ccn(C)c(=O)c1=O. The van der Waals surface area contributed by atoms with Crippen LogP contribution in [0, 0.1) is 0 Å². The molecular formula is C11H19N3O2. The van der Waals surface area contributed by atoms with E-state index in [4.69, 9.17) is 0 Å². The van der Waals surface area contributed by atoms with E-state index < -0.39 is 11.1 Å². The Balaban J connectivity index is 2.93. The zero-order valence-electron chi connectivity index (χ0n) is 10.1. The second-order valence-corrected chi connectivity index (χ2v) is 3.83. The van der Waals surface area contributed by atoms with Crippen molar-refractivity contribution >= 4 is 0 Å². The molecule has 0 aliphatic heterocycles. The maximum Gasteiger partial charge on any atom is 0.316 e. The van der Waals surface area contributed by atoms with Crippen molar-refractivity contribution in [3.8, 4) is 0 Å². The highest BCUT2D eigenvalue weighted by Crippen LogP contribution is 1.93. The van der Waals surface area contributed by atoms with Crippen LogP contribution in [0.2, 0.25) is 0 Å². The third kappa shape index (κ3) is 2.82. The maximum absolute atomic E-state index is 11.6. The fraction of sp³-hybridized carbons (Fsp3) is 0.636. The molecule has 90 valence electrons. The molecular weight excluding hydrogens is 206 g/mol. The van der Waals surface area contributed by atoms with Crippen LogP contribution in [0.4, 0.5) is 0 Å². The molecule has 0 spiro atoms. The van der Waals surface area contributed by atoms with Crippen LogP contribution in [0.25, 0.3) is 0 Å². The molecule has 1 rings (SSSR count). The van der Waals surface area contributed by atoms with Gasteiger partial charge in [-0.2, -0.15) is 0 Å². The molecule has 0 saturated carbocycles. The molecule has 0 bridgehead atoms. The number of hydrogen-bond acceptors (Lipinski definition) is 3. The standard InChI is InChI=1S/C11H19N3O2/c1-4-9(12-5-2)8-14-7-6-13(3)10(15)11(14)16/h6-7,9,12H,4-5,8H2,1-3H3. The quantitative estimate of drug-likeness (QED) is 0.714. The molecule has 0 saturated heterocycles. The number of aryl methyl sites for hydroxylation is 1. The second-order valence-electron chi connectivity index (χ2n) is 3.83. The van der Waals surface area contributed by atoms with E-state index in [0.29, 0.717) is 6.54 Å². The smallest absolute Gasteiger partial charge is 0.312 e. The van der Waals surface area contributed by atoms with Gasteiger partial charge in [0.2, 0.25) is 0 Å². The van der Waals surface area contributed by atoms with Gasteiger partial charge in [0.15, 0.2) is 0 Å². The lowest BCUT2D eigenvalue weighted by Gasteiger charge is -2.16. The van der Waals surface area contributed by atoms with Gasteiger partial charge in [0, 0.05) is 32.0 Å². The largest absolute Gasteiger partial charge is 0.316 e. The Morgan fingerprint density at radius 1 is 1.25 bits per heavy atom. The van der Waals surface area contributed by atoms with Crippen molar-refractivity contribution in [1.29, 1.82) is 0 Å². The van der Waals surface area contributed by atoms with E-state index >= 15 is 0 Å². The molecule has 0 fully saturated rings. The Morgan fingerprint density at radius 3 is 2.50 bits per heavy atom. The zero-order valence-corrected chi connectivity index (χ0v) is 10.1. The van der Waals surface area contributed by atoms with E-state index in [1.54, 1.807) is 19.4 Å². The van der Waals surface area contributed by atoms with E-state index in [0.717, 1.165) is 13.0 Å². The van der Waals surface area contributed by atoms with Crippen LogP contribution in [0.15, 0.2) is 22.0 Å². The van der Waals surface area contributed by atoms with Crippen LogP contribution in [-0.4, -0.2) is 21.7 Å². The Kier molecular flexibility index (Phi) is 4.49. The van der Waals surface area contributed by atoms with E-state index in [9.17, 15) is 9.59 Å². The summed E-state index contributed by atoms with van der Waals surface area (Å²) in [7, 11) is 1.58. The van der Waals surface area contributed by atoms with Gasteiger partial charge >= 0.3 is 11.1 Å². The number of nitrogens with one attached hydrogen (secondary N) is 1. The molecule has 0 aliphatic rings. The van der Waals surface area contributed by atoms with Crippen molar-refractivity contribution in [2.45, 2.75) is 32.9 Å². The summed E-state index contributed by atoms with van der Waals surface area (Å²) in [5.74, 6) is 0. The molecule has 5 nitrogen and oxygen atoms in total. The lowest BCUT2D eigenvalue weighted by molar-refractivity contribution is 0.436. The summed E-state index contributed by atoms with van der Waals surface area (Å²) < 4.78 is 2.77. The molecule has 16 heavy (non-hydrogen) atoms. The molecule has 5 heteroatoms. The summed E-state index contributed by atoms with van der Waals surface area (Å²) in [5.41, 5.74) is -0.935. The van der Waals surface area contributed by atoms with Crippen LogP contribution in [0.5, 0.6) is 0 Å². The molecule has 1 N–H and O–H groups in total. The third-order valence-corrected chi connectivity index (χ3v) is 2.64. The number of hydrogen-bond donors (Lipinski definition) is 1. The van der Waals surface area contributed by atoms with Gasteiger partial charge in [-0.15, -0.1) is 0 Å². The summed E-state index contributed by atoms with van der Waals surface area (Å²) >= 11 is 0. The highest BCUT2D eigenvalue weighted by atomic mass is 16.2. The minimum atomic E-state index is -0.478. The minimum absolute atomic E-state index is 0.231. The minimum Gasteiger partial charge on any atom is -0.312 e. The number of aromatic nitrogens is 2. The van der Waals surface area contributed by atoms with Gasteiger partial charge in [-0.25, -0.2) is 0 Å². The first-order chi connectivity index (χ1) is 7.60. The van der Waals surface area contributed by atoms with Crippen molar-refractivity contribution in [1.82, 2.24) is 14.5 Å². The molecule has 0 amide bonds. The first-order valence-electron chi connectivity index (χ1n) is 5.59. The summed E-state index contributed by atoms with van der Waals surface area (Å²) in [5, 5.41) is 3.27. The molecule has 0 aliphatic carbocycles. The van der Waals surface area contributed by atoms with Gasteiger partial charge in [0.1, 0.15) is 0 Å². The first-order valence-corrected chi connectivity index (χ1v) is 5.59. The van der Waals surface area contributed by atoms with Gasteiger partial charge in [0.25, 0.3) is 0 Å². The van der Waals surface area contributed by atoms with E-state index in [2.05, 4.69) is 12.2 Å². The first kappa shape index (κ1) is 12.7. The van der Waals surface area contributed by atoms with Crippen molar-refractivity contribution in [3.05, 3.63) is 33.1 Å². The van der Waals surface area contributed by atoms with Gasteiger partial charge in [-0.3, -0.25) is 9.59 Å².